The number of hydrogen-bond donors (Lipinski definition) is 1. The SMILES string of the molecule is CCc1cncn1C(CN)C1CC1. The van der Waals surface area contributed by atoms with E-state index in [4.69, 9.17) is 5.73 Å². The lowest BCUT2D eigenvalue weighted by molar-refractivity contribution is 0.443. The van der Waals surface area contributed by atoms with Crippen LogP contribution in [-0.2, 0) is 6.42 Å². The van der Waals surface area contributed by atoms with Crippen LogP contribution < -0.4 is 5.73 Å². The number of aryl methyl sites for hydroxylation is 1. The Labute approximate surface area is 79.0 Å². The fraction of sp³-hybridized carbons (Fsp3) is 0.700. The van der Waals surface area contributed by atoms with Gasteiger partial charge in [-0.1, -0.05) is 6.92 Å². The standard InChI is InChI=1S/C10H17N3/c1-2-9-6-12-7-13(9)10(5-11)8-3-4-8/h6-8,10H,2-5,11H2,1H3. The average Bonchev–Trinajstić information content (AvgIpc) is 2.86. The van der Waals surface area contributed by atoms with E-state index in [1.54, 1.807) is 0 Å². The van der Waals surface area contributed by atoms with Crippen LogP contribution in [0.3, 0.4) is 0 Å². The molecule has 1 aliphatic rings. The molecule has 0 bridgehead atoms. The molecule has 0 aliphatic heterocycles. The minimum atomic E-state index is 0.498. The predicted molar refractivity (Wildman–Crippen MR) is 52.4 cm³/mol. The minimum Gasteiger partial charge on any atom is -0.330 e. The molecule has 0 radical (unpaired) electrons. The molecule has 0 spiro atoms. The second-order valence-corrected chi connectivity index (χ2v) is 3.79. The maximum absolute atomic E-state index is 5.78. The Morgan fingerprint density at radius 1 is 1.69 bits per heavy atom. The van der Waals surface area contributed by atoms with Crippen molar-refractivity contribution in [1.29, 1.82) is 0 Å². The second-order valence-electron chi connectivity index (χ2n) is 3.79. The average molecular weight is 179 g/mol. The minimum absolute atomic E-state index is 0.498. The smallest absolute Gasteiger partial charge is 0.0951 e. The normalized spacial score (nSPS) is 18.9. The third-order valence-corrected chi connectivity index (χ3v) is 2.87. The zero-order chi connectivity index (χ0) is 9.26. The van der Waals surface area contributed by atoms with E-state index in [2.05, 4.69) is 16.5 Å². The summed E-state index contributed by atoms with van der Waals surface area (Å²) in [6.07, 6.45) is 7.59. The quantitative estimate of drug-likeness (QED) is 0.758. The molecule has 2 N–H and O–H groups in total. The first-order chi connectivity index (χ1) is 6.36. The van der Waals surface area contributed by atoms with Crippen LogP contribution >= 0.6 is 0 Å². The van der Waals surface area contributed by atoms with Gasteiger partial charge in [-0.25, -0.2) is 4.98 Å². The van der Waals surface area contributed by atoms with Gasteiger partial charge in [-0.3, -0.25) is 0 Å². The van der Waals surface area contributed by atoms with Gasteiger partial charge in [0.2, 0.25) is 0 Å². The Morgan fingerprint density at radius 2 is 2.46 bits per heavy atom. The summed E-state index contributed by atoms with van der Waals surface area (Å²) in [5.74, 6) is 0.810. The van der Waals surface area contributed by atoms with Crippen LogP contribution in [0.25, 0.3) is 0 Å². The van der Waals surface area contributed by atoms with E-state index < -0.39 is 0 Å². The van der Waals surface area contributed by atoms with Gasteiger partial charge in [-0.2, -0.15) is 0 Å². The highest BCUT2D eigenvalue weighted by Gasteiger charge is 2.31. The molecule has 2 rings (SSSR count). The highest BCUT2D eigenvalue weighted by Crippen LogP contribution is 2.39. The number of hydrogen-bond acceptors (Lipinski definition) is 2. The molecule has 0 saturated heterocycles. The molecular weight excluding hydrogens is 162 g/mol. The van der Waals surface area contributed by atoms with Crippen LogP contribution in [0.5, 0.6) is 0 Å². The molecule has 1 aliphatic carbocycles. The Kier molecular flexibility index (Phi) is 2.36. The molecule has 3 heteroatoms. The first-order valence-electron chi connectivity index (χ1n) is 5.07. The lowest BCUT2D eigenvalue weighted by atomic mass is 10.1. The van der Waals surface area contributed by atoms with E-state index in [1.807, 2.05) is 12.5 Å². The maximum atomic E-state index is 5.78. The summed E-state index contributed by atoms with van der Waals surface area (Å²) in [5, 5.41) is 0. The van der Waals surface area contributed by atoms with Crippen molar-refractivity contribution >= 4 is 0 Å². The molecule has 0 aromatic carbocycles. The first kappa shape index (κ1) is 8.75. The van der Waals surface area contributed by atoms with E-state index in [-0.39, 0.29) is 0 Å². The van der Waals surface area contributed by atoms with E-state index in [9.17, 15) is 0 Å². The highest BCUT2D eigenvalue weighted by atomic mass is 15.1. The van der Waals surface area contributed by atoms with Gasteiger partial charge in [-0.15, -0.1) is 0 Å². The van der Waals surface area contributed by atoms with Gasteiger partial charge in [0.25, 0.3) is 0 Å². The summed E-state index contributed by atoms with van der Waals surface area (Å²) in [7, 11) is 0. The van der Waals surface area contributed by atoms with Crippen LogP contribution in [0.4, 0.5) is 0 Å². The fourth-order valence-electron chi connectivity index (χ4n) is 1.92. The fourth-order valence-corrected chi connectivity index (χ4v) is 1.92. The van der Waals surface area contributed by atoms with Gasteiger partial charge in [0.15, 0.2) is 0 Å². The van der Waals surface area contributed by atoms with Crippen molar-refractivity contribution in [3.63, 3.8) is 0 Å². The van der Waals surface area contributed by atoms with Gasteiger partial charge in [0.05, 0.1) is 6.33 Å². The van der Waals surface area contributed by atoms with Gasteiger partial charge >= 0.3 is 0 Å². The van der Waals surface area contributed by atoms with Gasteiger partial charge in [0.1, 0.15) is 0 Å². The number of imidazole rings is 1. The van der Waals surface area contributed by atoms with Crippen molar-refractivity contribution in [3.8, 4) is 0 Å². The van der Waals surface area contributed by atoms with Crippen LogP contribution in [0.2, 0.25) is 0 Å². The predicted octanol–water partition coefficient (Wildman–Crippen LogP) is 1.36. The van der Waals surface area contributed by atoms with Crippen molar-refractivity contribution in [1.82, 2.24) is 9.55 Å². The summed E-state index contributed by atoms with van der Waals surface area (Å²) in [6, 6.07) is 0.498. The Morgan fingerprint density at radius 3 is 3.00 bits per heavy atom. The molecule has 72 valence electrons. The number of rotatable bonds is 4. The third-order valence-electron chi connectivity index (χ3n) is 2.87. The maximum Gasteiger partial charge on any atom is 0.0951 e. The molecule has 13 heavy (non-hydrogen) atoms. The molecular formula is C10H17N3. The van der Waals surface area contributed by atoms with Crippen molar-refractivity contribution in [3.05, 3.63) is 18.2 Å². The van der Waals surface area contributed by atoms with E-state index in [0.29, 0.717) is 6.04 Å². The third kappa shape index (κ3) is 1.61. The Balaban J connectivity index is 2.20. The Hall–Kier alpha value is -0.830. The van der Waals surface area contributed by atoms with Crippen molar-refractivity contribution in [2.24, 2.45) is 11.7 Å². The number of nitrogens with two attached hydrogens (primary N) is 1. The molecule has 1 fully saturated rings. The van der Waals surface area contributed by atoms with Crippen LogP contribution in [0.15, 0.2) is 12.5 Å². The van der Waals surface area contributed by atoms with Crippen molar-refractivity contribution in [2.45, 2.75) is 32.2 Å². The molecule has 1 saturated carbocycles. The molecule has 1 atom stereocenters. The zero-order valence-corrected chi connectivity index (χ0v) is 8.11. The Bertz CT molecular complexity index is 275. The van der Waals surface area contributed by atoms with Crippen molar-refractivity contribution < 1.29 is 0 Å². The first-order valence-corrected chi connectivity index (χ1v) is 5.07. The topological polar surface area (TPSA) is 43.8 Å². The molecule has 1 unspecified atom stereocenters. The van der Waals surface area contributed by atoms with Crippen molar-refractivity contribution in [2.75, 3.05) is 6.54 Å². The highest BCUT2D eigenvalue weighted by molar-refractivity contribution is 5.02. The van der Waals surface area contributed by atoms with Gasteiger partial charge < -0.3 is 10.3 Å². The van der Waals surface area contributed by atoms with E-state index >= 15 is 0 Å². The summed E-state index contributed by atoms with van der Waals surface area (Å²) in [4.78, 5) is 4.18. The number of aromatic nitrogens is 2. The van der Waals surface area contributed by atoms with Crippen LogP contribution in [0.1, 0.15) is 31.5 Å². The molecule has 1 heterocycles. The van der Waals surface area contributed by atoms with Crippen LogP contribution in [0, 0.1) is 5.92 Å². The molecule has 0 amide bonds. The summed E-state index contributed by atoms with van der Waals surface area (Å²) >= 11 is 0. The summed E-state index contributed by atoms with van der Waals surface area (Å²) < 4.78 is 2.26. The monoisotopic (exact) mass is 179 g/mol. The lowest BCUT2D eigenvalue weighted by Crippen LogP contribution is -2.21. The van der Waals surface area contributed by atoms with Gasteiger partial charge in [0, 0.05) is 24.5 Å². The van der Waals surface area contributed by atoms with E-state index in [0.717, 1.165) is 18.9 Å². The van der Waals surface area contributed by atoms with E-state index in [1.165, 1.54) is 18.5 Å². The van der Waals surface area contributed by atoms with Crippen LogP contribution in [-0.4, -0.2) is 16.1 Å². The lowest BCUT2D eigenvalue weighted by Gasteiger charge is -2.18. The van der Waals surface area contributed by atoms with Gasteiger partial charge in [-0.05, 0) is 25.2 Å². The zero-order valence-electron chi connectivity index (χ0n) is 8.11. The number of nitrogens with zero attached hydrogens (tertiary/aromatic N) is 2. The molecule has 1 aromatic heterocycles. The molecule has 1 aromatic rings. The second kappa shape index (κ2) is 3.50. The summed E-state index contributed by atoms with van der Waals surface area (Å²) in [5.41, 5.74) is 7.09. The summed E-state index contributed by atoms with van der Waals surface area (Å²) in [6.45, 7) is 2.90. The molecule has 3 nitrogen and oxygen atoms in total. The largest absolute Gasteiger partial charge is 0.330 e.